The molecule has 0 saturated carbocycles. The van der Waals surface area contributed by atoms with Crippen LogP contribution < -0.4 is 10.5 Å². The highest BCUT2D eigenvalue weighted by molar-refractivity contribution is 5.92. The standard InChI is InChI=1S/C31H31FN6O4/c32-24-14-20(16-33)4-5-23(24)19-42-29-3-1-2-25(36-29)21-8-11-37(12-9-21)17-28-35-26-7-6-22(31(39)40)15-27(26)38(28)18-30-34-10-13-41-30/h1-7,10,13-15,21H,8-9,11-12,16-19,33H2,(H,39,40). The zero-order valence-corrected chi connectivity index (χ0v) is 22.9. The molecule has 0 spiro atoms. The molecule has 0 aliphatic carbocycles. The topological polar surface area (TPSA) is 133 Å². The van der Waals surface area contributed by atoms with E-state index in [1.807, 2.05) is 16.7 Å². The molecule has 0 unspecified atom stereocenters. The van der Waals surface area contributed by atoms with E-state index in [0.29, 0.717) is 30.4 Å². The summed E-state index contributed by atoms with van der Waals surface area (Å²) in [4.78, 5) is 27.8. The Balaban J connectivity index is 1.12. The van der Waals surface area contributed by atoms with Crippen molar-refractivity contribution < 1.29 is 23.4 Å². The third kappa shape index (κ3) is 6.02. The zero-order chi connectivity index (χ0) is 29.1. The van der Waals surface area contributed by atoms with E-state index < -0.39 is 5.97 Å². The van der Waals surface area contributed by atoms with E-state index in [1.165, 1.54) is 12.3 Å². The van der Waals surface area contributed by atoms with Crippen molar-refractivity contribution in [2.45, 2.75) is 45.0 Å². The Bertz CT molecular complexity index is 1700. The average molecular weight is 571 g/mol. The molecule has 6 rings (SSSR count). The highest BCUT2D eigenvalue weighted by Gasteiger charge is 2.24. The number of hydrogen-bond donors (Lipinski definition) is 2. The number of carboxylic acids is 1. The van der Waals surface area contributed by atoms with Crippen molar-refractivity contribution in [3.8, 4) is 5.88 Å². The number of likely N-dealkylation sites (tertiary alicyclic amines) is 1. The number of nitrogens with zero attached hydrogens (tertiary/aromatic N) is 5. The van der Waals surface area contributed by atoms with Crippen LogP contribution in [0.25, 0.3) is 11.0 Å². The smallest absolute Gasteiger partial charge is 0.335 e. The number of fused-ring (bicyclic) bond motifs is 1. The number of aromatic nitrogens is 4. The van der Waals surface area contributed by atoms with Crippen LogP contribution in [0, 0.1) is 5.82 Å². The van der Waals surface area contributed by atoms with Gasteiger partial charge in [-0.25, -0.2) is 24.1 Å². The van der Waals surface area contributed by atoms with E-state index in [2.05, 4.69) is 9.88 Å². The van der Waals surface area contributed by atoms with Crippen molar-refractivity contribution in [3.63, 3.8) is 0 Å². The first kappa shape index (κ1) is 27.6. The quantitative estimate of drug-likeness (QED) is 0.245. The number of halogens is 1. The number of ether oxygens (including phenoxy) is 1. The monoisotopic (exact) mass is 570 g/mol. The Kier molecular flexibility index (Phi) is 7.93. The van der Waals surface area contributed by atoms with Crippen LogP contribution in [-0.2, 0) is 26.2 Å². The minimum atomic E-state index is -0.985. The number of benzene rings is 2. The number of rotatable bonds is 10. The van der Waals surface area contributed by atoms with Gasteiger partial charge in [-0.2, -0.15) is 0 Å². The molecular formula is C31H31FN6O4. The molecular weight excluding hydrogens is 539 g/mol. The number of oxazole rings is 1. The van der Waals surface area contributed by atoms with Crippen LogP contribution in [0.1, 0.15) is 57.7 Å². The van der Waals surface area contributed by atoms with Gasteiger partial charge < -0.3 is 24.6 Å². The molecule has 42 heavy (non-hydrogen) atoms. The van der Waals surface area contributed by atoms with Gasteiger partial charge in [0.25, 0.3) is 0 Å². The predicted molar refractivity (Wildman–Crippen MR) is 152 cm³/mol. The molecule has 0 bridgehead atoms. The van der Waals surface area contributed by atoms with Crippen molar-refractivity contribution in [2.24, 2.45) is 5.73 Å². The number of hydrogen-bond acceptors (Lipinski definition) is 8. The van der Waals surface area contributed by atoms with Crippen LogP contribution in [0.15, 0.2) is 71.5 Å². The number of nitrogens with two attached hydrogens (primary N) is 1. The molecule has 0 atom stereocenters. The molecule has 11 heteroatoms. The van der Waals surface area contributed by atoms with Crippen LogP contribution in [0.5, 0.6) is 5.88 Å². The van der Waals surface area contributed by atoms with E-state index in [9.17, 15) is 14.3 Å². The fourth-order valence-corrected chi connectivity index (χ4v) is 5.38. The lowest BCUT2D eigenvalue weighted by Crippen LogP contribution is -2.33. The second-order valence-corrected chi connectivity index (χ2v) is 10.4. The second kappa shape index (κ2) is 12.1. The molecule has 216 valence electrons. The lowest BCUT2D eigenvalue weighted by Gasteiger charge is -2.31. The maximum absolute atomic E-state index is 14.3. The predicted octanol–water partition coefficient (Wildman–Crippen LogP) is 4.72. The molecule has 3 aromatic heterocycles. The van der Waals surface area contributed by atoms with E-state index in [0.717, 1.165) is 54.0 Å². The van der Waals surface area contributed by atoms with Crippen molar-refractivity contribution in [1.29, 1.82) is 0 Å². The number of piperidine rings is 1. The van der Waals surface area contributed by atoms with Crippen LogP contribution in [-0.4, -0.2) is 48.6 Å². The minimum Gasteiger partial charge on any atom is -0.478 e. The fourth-order valence-electron chi connectivity index (χ4n) is 5.38. The summed E-state index contributed by atoms with van der Waals surface area (Å²) in [5.74, 6) is 0.773. The van der Waals surface area contributed by atoms with Crippen molar-refractivity contribution in [1.82, 2.24) is 24.4 Å². The maximum Gasteiger partial charge on any atom is 0.335 e. The lowest BCUT2D eigenvalue weighted by molar-refractivity contribution is 0.0697. The SMILES string of the molecule is NCc1ccc(COc2cccc(C3CCN(Cc4nc5ccc(C(=O)O)cc5n4Cc4ncco4)CC3)n2)c(F)c1. The Labute approximate surface area is 241 Å². The van der Waals surface area contributed by atoms with E-state index in [4.69, 9.17) is 24.9 Å². The summed E-state index contributed by atoms with van der Waals surface area (Å²) in [5.41, 5.74) is 9.41. The number of aromatic carboxylic acids is 1. The van der Waals surface area contributed by atoms with Crippen LogP contribution in [0.3, 0.4) is 0 Å². The highest BCUT2D eigenvalue weighted by Crippen LogP contribution is 2.29. The van der Waals surface area contributed by atoms with Gasteiger partial charge in [-0.15, -0.1) is 0 Å². The van der Waals surface area contributed by atoms with Crippen LogP contribution in [0.2, 0.25) is 0 Å². The van der Waals surface area contributed by atoms with E-state index >= 15 is 0 Å². The summed E-state index contributed by atoms with van der Waals surface area (Å²) in [6.07, 6.45) is 4.93. The van der Waals surface area contributed by atoms with Gasteiger partial charge in [0.2, 0.25) is 11.8 Å². The highest BCUT2D eigenvalue weighted by atomic mass is 19.1. The van der Waals surface area contributed by atoms with Gasteiger partial charge in [0.1, 0.15) is 31.1 Å². The molecule has 1 aliphatic rings. The number of carboxylic acid groups (broad SMARTS) is 1. The molecule has 1 saturated heterocycles. The summed E-state index contributed by atoms with van der Waals surface area (Å²) < 4.78 is 27.6. The summed E-state index contributed by atoms with van der Waals surface area (Å²) >= 11 is 0. The molecule has 3 N–H and O–H groups in total. The second-order valence-electron chi connectivity index (χ2n) is 10.4. The molecule has 5 aromatic rings. The molecule has 1 aliphatic heterocycles. The van der Waals surface area contributed by atoms with E-state index in [1.54, 1.807) is 42.6 Å². The van der Waals surface area contributed by atoms with Gasteiger partial charge in [-0.3, -0.25) is 4.90 Å². The molecule has 1 fully saturated rings. The summed E-state index contributed by atoms with van der Waals surface area (Å²) in [7, 11) is 0. The Morgan fingerprint density at radius 2 is 1.95 bits per heavy atom. The minimum absolute atomic E-state index is 0.0913. The molecule has 0 amide bonds. The summed E-state index contributed by atoms with van der Waals surface area (Å²) in [6.45, 7) is 3.04. The van der Waals surface area contributed by atoms with E-state index in [-0.39, 0.29) is 30.5 Å². The first-order valence-corrected chi connectivity index (χ1v) is 13.9. The van der Waals surface area contributed by atoms with Crippen LogP contribution in [0.4, 0.5) is 4.39 Å². The van der Waals surface area contributed by atoms with Gasteiger partial charge in [0.15, 0.2) is 0 Å². The van der Waals surface area contributed by atoms with Gasteiger partial charge >= 0.3 is 5.97 Å². The van der Waals surface area contributed by atoms with Crippen molar-refractivity contribution >= 4 is 17.0 Å². The third-order valence-corrected chi connectivity index (χ3v) is 7.70. The molecule has 2 aromatic carbocycles. The Hall–Kier alpha value is -4.61. The summed E-state index contributed by atoms with van der Waals surface area (Å²) in [5, 5.41) is 9.51. The van der Waals surface area contributed by atoms with Gasteiger partial charge in [0.05, 0.1) is 29.3 Å². The molecule has 10 nitrogen and oxygen atoms in total. The van der Waals surface area contributed by atoms with Crippen molar-refractivity contribution in [2.75, 3.05) is 13.1 Å². The largest absolute Gasteiger partial charge is 0.478 e. The van der Waals surface area contributed by atoms with Gasteiger partial charge in [-0.05, 0) is 61.8 Å². The molecule has 0 radical (unpaired) electrons. The average Bonchev–Trinajstić information content (AvgIpc) is 3.65. The number of pyridine rings is 1. The molecule has 4 heterocycles. The first-order chi connectivity index (χ1) is 20.5. The Morgan fingerprint density at radius 1 is 1.10 bits per heavy atom. The maximum atomic E-state index is 14.3. The number of carbonyl (C=O) groups is 1. The van der Waals surface area contributed by atoms with Gasteiger partial charge in [-0.1, -0.05) is 18.2 Å². The fraction of sp³-hybridized carbons (Fsp3) is 0.290. The Morgan fingerprint density at radius 3 is 2.69 bits per heavy atom. The number of imidazole rings is 1. The van der Waals surface area contributed by atoms with Crippen LogP contribution >= 0.6 is 0 Å². The van der Waals surface area contributed by atoms with Crippen molar-refractivity contribution in [3.05, 3.63) is 107 Å². The summed E-state index contributed by atoms with van der Waals surface area (Å²) in [6, 6.07) is 15.6. The first-order valence-electron chi connectivity index (χ1n) is 13.9. The van der Waals surface area contributed by atoms with Gasteiger partial charge in [0, 0.05) is 29.8 Å². The normalized spacial score (nSPS) is 14.4. The zero-order valence-electron chi connectivity index (χ0n) is 22.9. The lowest BCUT2D eigenvalue weighted by atomic mass is 9.93. The third-order valence-electron chi connectivity index (χ3n) is 7.70.